The number of hydrogen-bond donors (Lipinski definition) is 0. The maximum Gasteiger partial charge on any atom is 0.185 e. The lowest BCUT2D eigenvalue weighted by atomic mass is 9.87. The van der Waals surface area contributed by atoms with Crippen LogP contribution in [-0.2, 0) is 12.8 Å². The maximum atomic E-state index is 12.7. The lowest BCUT2D eigenvalue weighted by molar-refractivity contribution is 0.0951. The van der Waals surface area contributed by atoms with E-state index in [0.29, 0.717) is 24.2 Å². The van der Waals surface area contributed by atoms with E-state index >= 15 is 0 Å². The molecule has 1 atom stereocenters. The molecule has 0 spiro atoms. The third-order valence-corrected chi connectivity index (χ3v) is 5.19. The number of Topliss-reactive ketones (excluding diaryl/α,β-unsaturated/α-hetero) is 1. The molecule has 6 heteroatoms. The predicted octanol–water partition coefficient (Wildman–Crippen LogP) is 3.86. The van der Waals surface area contributed by atoms with E-state index in [2.05, 4.69) is 17.1 Å². The van der Waals surface area contributed by atoms with Crippen molar-refractivity contribution in [3.05, 3.63) is 71.6 Å². The lowest BCUT2D eigenvalue weighted by Crippen LogP contribution is -2.24. The number of nitrogens with zero attached hydrogens (tertiary/aromatic N) is 4. The summed E-state index contributed by atoms with van der Waals surface area (Å²) in [5.74, 6) is 0.814. The van der Waals surface area contributed by atoms with E-state index in [1.807, 2.05) is 47.0 Å². The minimum atomic E-state index is -0.0122. The second-order valence-corrected chi connectivity index (χ2v) is 6.82. The molecule has 0 saturated carbocycles. The van der Waals surface area contributed by atoms with Crippen LogP contribution in [0, 0.1) is 0 Å². The summed E-state index contributed by atoms with van der Waals surface area (Å²) < 4.78 is 7.37. The summed E-state index contributed by atoms with van der Waals surface area (Å²) in [5.41, 5.74) is 4.94. The average Bonchev–Trinajstić information content (AvgIpc) is 3.36. The molecule has 0 radical (unpaired) electrons. The van der Waals surface area contributed by atoms with Gasteiger partial charge in [0.05, 0.1) is 23.2 Å². The fourth-order valence-corrected chi connectivity index (χ4v) is 3.89. The highest BCUT2D eigenvalue weighted by Crippen LogP contribution is 2.34. The topological polar surface area (TPSA) is 73.3 Å². The number of benzene rings is 1. The normalized spacial score (nSPS) is 16.6. The molecule has 0 N–H and O–H groups in total. The van der Waals surface area contributed by atoms with Gasteiger partial charge in [0.1, 0.15) is 5.76 Å². The first kappa shape index (κ1) is 15.9. The Morgan fingerprint density at radius 1 is 1.11 bits per heavy atom. The Morgan fingerprint density at radius 2 is 1.96 bits per heavy atom. The number of carbonyl (C=O) groups is 1. The van der Waals surface area contributed by atoms with Gasteiger partial charge in [0.15, 0.2) is 17.1 Å². The van der Waals surface area contributed by atoms with Crippen molar-refractivity contribution in [1.29, 1.82) is 0 Å². The fraction of sp³-hybridized carbons (Fsp3) is 0.238. The maximum absolute atomic E-state index is 12.7. The van der Waals surface area contributed by atoms with Gasteiger partial charge in [-0.05, 0) is 24.1 Å². The van der Waals surface area contributed by atoms with Crippen LogP contribution in [0.3, 0.4) is 0 Å². The number of ketones is 1. The third-order valence-electron chi connectivity index (χ3n) is 5.19. The second kappa shape index (κ2) is 6.16. The summed E-state index contributed by atoms with van der Waals surface area (Å²) in [6.07, 6.45) is 3.46. The molecule has 1 aliphatic rings. The Bertz CT molecular complexity index is 1130. The highest BCUT2D eigenvalue weighted by atomic mass is 16.3. The highest BCUT2D eigenvalue weighted by molar-refractivity contribution is 5.97. The van der Waals surface area contributed by atoms with E-state index in [9.17, 15) is 4.79 Å². The zero-order valence-electron chi connectivity index (χ0n) is 14.9. The summed E-state index contributed by atoms with van der Waals surface area (Å²) in [4.78, 5) is 12.7. The molecule has 27 heavy (non-hydrogen) atoms. The molecule has 1 aliphatic carbocycles. The van der Waals surface area contributed by atoms with Crippen molar-refractivity contribution in [2.45, 2.75) is 32.1 Å². The van der Waals surface area contributed by atoms with Gasteiger partial charge in [0, 0.05) is 18.8 Å². The van der Waals surface area contributed by atoms with Crippen molar-refractivity contribution in [2.24, 2.45) is 0 Å². The quantitative estimate of drug-likeness (QED) is 0.556. The van der Waals surface area contributed by atoms with E-state index in [-0.39, 0.29) is 11.7 Å². The molecule has 0 saturated heterocycles. The second-order valence-electron chi connectivity index (χ2n) is 6.82. The Labute approximate surface area is 155 Å². The van der Waals surface area contributed by atoms with Crippen LogP contribution in [0.25, 0.3) is 16.8 Å². The van der Waals surface area contributed by atoms with Gasteiger partial charge in [0.25, 0.3) is 0 Å². The first-order chi connectivity index (χ1) is 13.3. The monoisotopic (exact) mass is 358 g/mol. The van der Waals surface area contributed by atoms with Crippen LogP contribution in [0.1, 0.15) is 46.9 Å². The van der Waals surface area contributed by atoms with Gasteiger partial charge in [-0.2, -0.15) is 5.10 Å². The van der Waals surface area contributed by atoms with Gasteiger partial charge < -0.3 is 4.42 Å². The number of carbonyl (C=O) groups excluding carboxylic acids is 1. The largest absolute Gasteiger partial charge is 0.469 e. The molecule has 3 heterocycles. The van der Waals surface area contributed by atoms with Crippen molar-refractivity contribution < 1.29 is 9.21 Å². The van der Waals surface area contributed by atoms with E-state index < -0.39 is 0 Å². The predicted molar refractivity (Wildman–Crippen MR) is 99.7 cm³/mol. The van der Waals surface area contributed by atoms with E-state index in [1.54, 1.807) is 6.26 Å². The SMILES string of the molecule is CCc1nn2c3c(nnc2c1-c1ccccc1)C(=O)C[C@@H](c1ccco1)C3. The van der Waals surface area contributed by atoms with Crippen LogP contribution in [0.5, 0.6) is 0 Å². The van der Waals surface area contributed by atoms with Crippen molar-refractivity contribution in [3.8, 4) is 11.1 Å². The first-order valence-corrected chi connectivity index (χ1v) is 9.15. The molecule has 0 aliphatic heterocycles. The Morgan fingerprint density at radius 3 is 2.70 bits per heavy atom. The number of hydrogen-bond acceptors (Lipinski definition) is 5. The molecule has 6 nitrogen and oxygen atoms in total. The summed E-state index contributed by atoms with van der Waals surface area (Å²) in [6, 6.07) is 13.9. The third kappa shape index (κ3) is 2.48. The number of furan rings is 1. The van der Waals surface area contributed by atoms with Gasteiger partial charge in [-0.15, -0.1) is 10.2 Å². The first-order valence-electron chi connectivity index (χ1n) is 9.15. The van der Waals surface area contributed by atoms with Crippen molar-refractivity contribution in [1.82, 2.24) is 19.8 Å². The average molecular weight is 358 g/mol. The Hall–Kier alpha value is -3.28. The van der Waals surface area contributed by atoms with Gasteiger partial charge >= 0.3 is 0 Å². The lowest BCUT2D eigenvalue weighted by Gasteiger charge is -2.21. The minimum Gasteiger partial charge on any atom is -0.469 e. The fourth-order valence-electron chi connectivity index (χ4n) is 3.89. The van der Waals surface area contributed by atoms with E-state index in [4.69, 9.17) is 9.52 Å². The standard InChI is InChI=1S/C21H18N4O2/c1-2-15-19(13-7-4-3-5-8-13)21-23-22-20-16(25(21)24-15)11-14(12-17(20)26)18-9-6-10-27-18/h3-10,14H,2,11-12H2,1H3/t14-/m0/s1. The van der Waals surface area contributed by atoms with Crippen molar-refractivity contribution in [3.63, 3.8) is 0 Å². The molecule has 1 aromatic carbocycles. The van der Waals surface area contributed by atoms with Crippen LogP contribution in [0.4, 0.5) is 0 Å². The molecular formula is C21H18N4O2. The van der Waals surface area contributed by atoms with Crippen molar-refractivity contribution in [2.75, 3.05) is 0 Å². The van der Waals surface area contributed by atoms with Gasteiger partial charge in [-0.25, -0.2) is 4.52 Å². The Balaban J connectivity index is 1.72. The zero-order chi connectivity index (χ0) is 18.4. The Kier molecular flexibility index (Phi) is 3.63. The number of aromatic nitrogens is 4. The van der Waals surface area contributed by atoms with Crippen LogP contribution in [-0.4, -0.2) is 25.6 Å². The highest BCUT2D eigenvalue weighted by Gasteiger charge is 2.32. The van der Waals surface area contributed by atoms with Gasteiger partial charge in [0.2, 0.25) is 0 Å². The van der Waals surface area contributed by atoms with Gasteiger partial charge in [-0.1, -0.05) is 37.3 Å². The molecule has 0 unspecified atom stereocenters. The smallest absolute Gasteiger partial charge is 0.185 e. The zero-order valence-corrected chi connectivity index (χ0v) is 14.9. The van der Waals surface area contributed by atoms with Gasteiger partial charge in [-0.3, -0.25) is 4.79 Å². The van der Waals surface area contributed by atoms with Crippen molar-refractivity contribution >= 4 is 11.4 Å². The molecule has 134 valence electrons. The minimum absolute atomic E-state index is 0.00171. The molecule has 0 amide bonds. The number of aryl methyl sites for hydroxylation is 1. The van der Waals surface area contributed by atoms with Crippen LogP contribution < -0.4 is 0 Å². The molecule has 4 aromatic rings. The molecule has 0 fully saturated rings. The molecule has 3 aromatic heterocycles. The summed E-state index contributed by atoms with van der Waals surface area (Å²) in [5, 5.41) is 13.5. The summed E-state index contributed by atoms with van der Waals surface area (Å²) >= 11 is 0. The number of rotatable bonds is 3. The van der Waals surface area contributed by atoms with E-state index in [0.717, 1.165) is 34.7 Å². The van der Waals surface area contributed by atoms with Crippen LogP contribution in [0.15, 0.2) is 53.1 Å². The van der Waals surface area contributed by atoms with E-state index in [1.165, 1.54) is 0 Å². The summed E-state index contributed by atoms with van der Waals surface area (Å²) in [6.45, 7) is 2.07. The summed E-state index contributed by atoms with van der Waals surface area (Å²) in [7, 11) is 0. The molecular weight excluding hydrogens is 340 g/mol. The molecule has 5 rings (SSSR count). The molecule has 0 bridgehead atoms. The van der Waals surface area contributed by atoms with Crippen LogP contribution >= 0.6 is 0 Å². The number of fused-ring (bicyclic) bond motifs is 3. The van der Waals surface area contributed by atoms with Crippen LogP contribution in [0.2, 0.25) is 0 Å².